The van der Waals surface area contributed by atoms with Crippen LogP contribution in [0.1, 0.15) is 112 Å². The molecule has 6 heteroatoms. The molecular formula is C37H52FNO4. The van der Waals surface area contributed by atoms with E-state index in [1.165, 1.54) is 6.42 Å². The summed E-state index contributed by atoms with van der Waals surface area (Å²) in [5, 5.41) is 21.2. The summed E-state index contributed by atoms with van der Waals surface area (Å²) in [7, 11) is 0. The lowest BCUT2D eigenvalue weighted by atomic mass is 9.51. The Morgan fingerprint density at radius 2 is 1.77 bits per heavy atom. The SMILES string of the molecule is CCCCCCN(CCCC[C@@H]1Cc2cc(O)ccc2C2C1C1CC[C@H](O)[C@@]1(C)C[C@@H]2F)C(=O)c1ccc(OCC)cc1. The first-order valence-corrected chi connectivity index (χ1v) is 16.9. The molecule has 0 heterocycles. The molecule has 1 amide bonds. The summed E-state index contributed by atoms with van der Waals surface area (Å²) in [6.45, 7) is 8.33. The van der Waals surface area contributed by atoms with Gasteiger partial charge < -0.3 is 19.8 Å². The number of carbonyl (C=O) groups excluding carboxylic acids is 1. The molecule has 43 heavy (non-hydrogen) atoms. The summed E-state index contributed by atoms with van der Waals surface area (Å²) in [4.78, 5) is 15.6. The number of hydrogen-bond acceptors (Lipinski definition) is 4. The highest BCUT2D eigenvalue weighted by molar-refractivity contribution is 5.94. The predicted octanol–water partition coefficient (Wildman–Crippen LogP) is 8.08. The van der Waals surface area contributed by atoms with Crippen LogP contribution in [-0.4, -0.2) is 53.0 Å². The second-order valence-corrected chi connectivity index (χ2v) is 13.7. The molecule has 236 valence electrons. The van der Waals surface area contributed by atoms with Gasteiger partial charge in [-0.05, 0) is 123 Å². The molecule has 0 aliphatic heterocycles. The number of phenolic OH excluding ortho intramolecular Hbond substituents is 1. The lowest BCUT2D eigenvalue weighted by molar-refractivity contribution is -0.0722. The molecule has 0 saturated heterocycles. The van der Waals surface area contributed by atoms with Crippen molar-refractivity contribution >= 4 is 5.91 Å². The van der Waals surface area contributed by atoms with Crippen LogP contribution in [0.5, 0.6) is 11.5 Å². The van der Waals surface area contributed by atoms with E-state index in [-0.39, 0.29) is 28.9 Å². The van der Waals surface area contributed by atoms with E-state index in [1.807, 2.05) is 48.2 Å². The van der Waals surface area contributed by atoms with Gasteiger partial charge in [-0.25, -0.2) is 4.39 Å². The number of aliphatic hydroxyl groups is 1. The molecule has 2 aromatic carbocycles. The highest BCUT2D eigenvalue weighted by atomic mass is 19.1. The van der Waals surface area contributed by atoms with Gasteiger partial charge in [0.1, 0.15) is 17.7 Å². The van der Waals surface area contributed by atoms with E-state index in [9.17, 15) is 15.0 Å². The minimum atomic E-state index is -0.990. The average molecular weight is 594 g/mol. The smallest absolute Gasteiger partial charge is 0.253 e. The van der Waals surface area contributed by atoms with E-state index in [1.54, 1.807) is 6.07 Å². The fourth-order valence-corrected chi connectivity index (χ4v) is 8.83. The molecule has 0 radical (unpaired) electrons. The van der Waals surface area contributed by atoms with Crippen LogP contribution in [-0.2, 0) is 6.42 Å². The van der Waals surface area contributed by atoms with Crippen LogP contribution in [0.15, 0.2) is 42.5 Å². The topological polar surface area (TPSA) is 70.0 Å². The van der Waals surface area contributed by atoms with Crippen molar-refractivity contribution in [2.75, 3.05) is 19.7 Å². The second-order valence-electron chi connectivity index (χ2n) is 13.7. The summed E-state index contributed by atoms with van der Waals surface area (Å²) in [6.07, 6.45) is 8.83. The van der Waals surface area contributed by atoms with Crippen molar-refractivity contribution in [3.8, 4) is 11.5 Å². The molecule has 3 aliphatic rings. The fraction of sp³-hybridized carbons (Fsp3) is 0.649. The Kier molecular flexibility index (Phi) is 10.4. The largest absolute Gasteiger partial charge is 0.508 e. The Morgan fingerprint density at radius 3 is 2.49 bits per heavy atom. The fourth-order valence-electron chi connectivity index (χ4n) is 8.83. The van der Waals surface area contributed by atoms with Crippen molar-refractivity contribution in [3.05, 3.63) is 59.2 Å². The van der Waals surface area contributed by atoms with Crippen LogP contribution in [0.2, 0.25) is 0 Å². The van der Waals surface area contributed by atoms with Gasteiger partial charge in [0.2, 0.25) is 0 Å². The van der Waals surface area contributed by atoms with Crippen LogP contribution >= 0.6 is 0 Å². The maximum atomic E-state index is 16.1. The average Bonchev–Trinajstić information content (AvgIpc) is 3.29. The Balaban J connectivity index is 1.28. The molecule has 2 fully saturated rings. The third kappa shape index (κ3) is 6.74. The van der Waals surface area contributed by atoms with E-state index >= 15 is 4.39 Å². The standard InChI is InChI=1S/C37H52FNO4/c1-4-6-7-9-20-39(36(42)25-12-15-29(16-13-25)43-5-2)21-10-8-11-26-22-27-23-28(40)14-17-30(27)35-32(38)24-37(3)31(34(26)35)18-19-33(37)41/h12-17,23,26,31-35,40-41H,4-11,18-22,24H2,1-3H3/t26-,31?,32+,33+,34?,35?,37+/m1/s1. The van der Waals surface area contributed by atoms with Gasteiger partial charge in [0, 0.05) is 24.6 Å². The highest BCUT2D eigenvalue weighted by Crippen LogP contribution is 2.63. The van der Waals surface area contributed by atoms with Gasteiger partial charge in [0.05, 0.1) is 12.7 Å². The number of amides is 1. The molecule has 0 aromatic heterocycles. The monoisotopic (exact) mass is 593 g/mol. The summed E-state index contributed by atoms with van der Waals surface area (Å²) in [6, 6.07) is 13.0. The normalized spacial score (nSPS) is 29.4. The molecule has 3 unspecified atom stereocenters. The van der Waals surface area contributed by atoms with E-state index < -0.39 is 12.3 Å². The van der Waals surface area contributed by atoms with Gasteiger partial charge in [-0.15, -0.1) is 0 Å². The predicted molar refractivity (Wildman–Crippen MR) is 169 cm³/mol. The lowest BCUT2D eigenvalue weighted by Crippen LogP contribution is -2.51. The Morgan fingerprint density at radius 1 is 1.02 bits per heavy atom. The van der Waals surface area contributed by atoms with E-state index in [2.05, 4.69) is 13.8 Å². The van der Waals surface area contributed by atoms with Crippen LogP contribution in [0.25, 0.3) is 0 Å². The number of alkyl halides is 1. The van der Waals surface area contributed by atoms with Crippen molar-refractivity contribution < 1.29 is 24.1 Å². The van der Waals surface area contributed by atoms with E-state index in [0.29, 0.717) is 37.0 Å². The van der Waals surface area contributed by atoms with Crippen LogP contribution in [0.3, 0.4) is 0 Å². The van der Waals surface area contributed by atoms with Gasteiger partial charge in [0.25, 0.3) is 5.91 Å². The van der Waals surface area contributed by atoms with Gasteiger partial charge in [-0.1, -0.05) is 45.6 Å². The summed E-state index contributed by atoms with van der Waals surface area (Å²) < 4.78 is 21.7. The van der Waals surface area contributed by atoms with Crippen LogP contribution in [0, 0.1) is 23.2 Å². The number of ether oxygens (including phenoxy) is 1. The Labute approximate surface area is 257 Å². The molecule has 5 rings (SSSR count). The van der Waals surface area contributed by atoms with Gasteiger partial charge >= 0.3 is 0 Å². The van der Waals surface area contributed by atoms with Crippen LogP contribution < -0.4 is 4.74 Å². The molecule has 0 spiro atoms. The zero-order valence-corrected chi connectivity index (χ0v) is 26.4. The number of phenols is 1. The number of halogens is 1. The molecule has 7 atom stereocenters. The molecule has 2 aromatic rings. The van der Waals surface area contributed by atoms with Crippen molar-refractivity contribution in [1.82, 2.24) is 4.90 Å². The van der Waals surface area contributed by atoms with Gasteiger partial charge in [-0.2, -0.15) is 0 Å². The first-order valence-electron chi connectivity index (χ1n) is 16.9. The molecule has 3 aliphatic carbocycles. The van der Waals surface area contributed by atoms with Gasteiger partial charge in [0.15, 0.2) is 0 Å². The molecular weight excluding hydrogens is 541 g/mol. The number of hydrogen-bond donors (Lipinski definition) is 2. The number of aromatic hydroxyl groups is 1. The number of aliphatic hydroxyl groups excluding tert-OH is 1. The number of carbonyl (C=O) groups is 1. The zero-order chi connectivity index (χ0) is 30.6. The first-order chi connectivity index (χ1) is 20.8. The second kappa shape index (κ2) is 14.0. The molecule has 0 bridgehead atoms. The summed E-state index contributed by atoms with van der Waals surface area (Å²) in [5.41, 5.74) is 2.47. The van der Waals surface area contributed by atoms with E-state index in [0.717, 1.165) is 81.2 Å². The van der Waals surface area contributed by atoms with Crippen molar-refractivity contribution in [3.63, 3.8) is 0 Å². The Hall–Kier alpha value is -2.60. The minimum absolute atomic E-state index is 0.0740. The lowest BCUT2D eigenvalue weighted by Gasteiger charge is -2.54. The summed E-state index contributed by atoms with van der Waals surface area (Å²) >= 11 is 0. The Bertz CT molecular complexity index is 1220. The third-order valence-corrected chi connectivity index (χ3v) is 11.0. The number of benzene rings is 2. The molecule has 5 nitrogen and oxygen atoms in total. The third-order valence-electron chi connectivity index (χ3n) is 11.0. The zero-order valence-electron chi connectivity index (χ0n) is 26.4. The van der Waals surface area contributed by atoms with Crippen molar-refractivity contribution in [2.24, 2.45) is 23.2 Å². The molecule has 2 saturated carbocycles. The van der Waals surface area contributed by atoms with Gasteiger partial charge in [-0.3, -0.25) is 4.79 Å². The minimum Gasteiger partial charge on any atom is -0.508 e. The number of rotatable bonds is 13. The number of unbranched alkanes of at least 4 members (excludes halogenated alkanes) is 4. The summed E-state index contributed by atoms with van der Waals surface area (Å²) in [5.74, 6) is 1.72. The maximum Gasteiger partial charge on any atom is 0.253 e. The van der Waals surface area contributed by atoms with Crippen molar-refractivity contribution in [1.29, 1.82) is 0 Å². The van der Waals surface area contributed by atoms with Crippen LogP contribution in [0.4, 0.5) is 4.39 Å². The number of fused-ring (bicyclic) bond motifs is 5. The molecule has 2 N–H and O–H groups in total. The maximum absolute atomic E-state index is 16.1. The van der Waals surface area contributed by atoms with E-state index in [4.69, 9.17) is 4.74 Å². The highest BCUT2D eigenvalue weighted by Gasteiger charge is 2.59. The van der Waals surface area contributed by atoms with Crippen molar-refractivity contribution in [2.45, 2.75) is 110 Å². The quantitative estimate of drug-likeness (QED) is 0.230. The first kappa shape index (κ1) is 31.8. The number of nitrogens with zero attached hydrogens (tertiary/aromatic N) is 1.